The van der Waals surface area contributed by atoms with Gasteiger partial charge >= 0.3 is 5.97 Å². The third-order valence-electron chi connectivity index (χ3n) is 8.69. The van der Waals surface area contributed by atoms with E-state index in [1.807, 2.05) is 13.0 Å². The number of amides is 2. The number of nitrogens with zero attached hydrogens (tertiary/aromatic N) is 2. The number of fused-ring (bicyclic) bond motifs is 2. The Hall–Kier alpha value is -2.50. The summed E-state index contributed by atoms with van der Waals surface area (Å²) in [5.74, 6) is -0.722. The second-order valence-corrected chi connectivity index (χ2v) is 15.2. The number of hydrogen-bond acceptors (Lipinski definition) is 7. The molecule has 1 spiro atoms. The molecular formula is C28H41FN2O7Si. The maximum absolute atomic E-state index is 16.0. The molecule has 2 fully saturated rings. The molecule has 2 saturated heterocycles. The molecule has 2 amide bonds. The van der Waals surface area contributed by atoms with Gasteiger partial charge in [0.25, 0.3) is 5.91 Å². The number of ether oxygens (including phenoxy) is 3. The number of methoxy groups -OCH3 is 2. The van der Waals surface area contributed by atoms with E-state index in [1.165, 1.54) is 7.11 Å². The Morgan fingerprint density at radius 1 is 1.26 bits per heavy atom. The van der Waals surface area contributed by atoms with Gasteiger partial charge in [-0.2, -0.15) is 0 Å². The van der Waals surface area contributed by atoms with Gasteiger partial charge in [-0.05, 0) is 57.0 Å². The number of aliphatic hydroxyl groups excluding tert-OH is 1. The van der Waals surface area contributed by atoms with Crippen molar-refractivity contribution in [2.24, 2.45) is 5.92 Å². The molecule has 3 aliphatic heterocycles. The smallest absolute Gasteiger partial charge is 0.305 e. The van der Waals surface area contributed by atoms with E-state index in [-0.39, 0.29) is 43.3 Å². The summed E-state index contributed by atoms with van der Waals surface area (Å²) in [4.78, 5) is 42.5. The van der Waals surface area contributed by atoms with Crippen molar-refractivity contribution in [3.63, 3.8) is 0 Å². The van der Waals surface area contributed by atoms with E-state index >= 15 is 4.11 Å². The summed E-state index contributed by atoms with van der Waals surface area (Å²) in [5, 5.41) is 9.73. The molecule has 0 bridgehead atoms. The zero-order valence-corrected chi connectivity index (χ0v) is 24.6. The van der Waals surface area contributed by atoms with Gasteiger partial charge in [-0.25, -0.2) is 0 Å². The van der Waals surface area contributed by atoms with Crippen molar-refractivity contribution in [1.82, 2.24) is 4.90 Å². The zero-order chi connectivity index (χ0) is 28.5. The Morgan fingerprint density at radius 3 is 2.64 bits per heavy atom. The molecular weight excluding hydrogens is 523 g/mol. The van der Waals surface area contributed by atoms with Crippen LogP contribution in [0, 0.1) is 5.92 Å². The highest BCUT2D eigenvalue weighted by atomic mass is 28.4. The van der Waals surface area contributed by atoms with Crippen LogP contribution in [-0.2, 0) is 29.5 Å². The number of hydrogen-bond donors (Lipinski definition) is 1. The fourth-order valence-electron chi connectivity index (χ4n) is 6.86. The molecule has 3 heterocycles. The predicted molar refractivity (Wildman–Crippen MR) is 146 cm³/mol. The van der Waals surface area contributed by atoms with Gasteiger partial charge in [0.05, 0.1) is 45.1 Å². The van der Waals surface area contributed by atoms with Crippen LogP contribution in [0.3, 0.4) is 0 Å². The first-order valence-corrected chi connectivity index (χ1v) is 16.8. The van der Waals surface area contributed by atoms with Crippen LogP contribution >= 0.6 is 0 Å². The lowest BCUT2D eigenvalue weighted by Gasteiger charge is -2.31. The first-order valence-electron chi connectivity index (χ1n) is 13.8. The monoisotopic (exact) mass is 564 g/mol. The molecule has 0 radical (unpaired) electrons. The SMILES string of the molecule is COC(=O)CCCCN1C(=O)[C@@]2(O[C@@H](CC(=O)N3CCC[C@H]3CO)[C@H]([Si](C)(C)F)[C@H]2C)c2cc(OC)ccc21. The summed E-state index contributed by atoms with van der Waals surface area (Å²) in [6, 6.07) is 5.15. The van der Waals surface area contributed by atoms with Gasteiger partial charge in [0, 0.05) is 36.5 Å². The fraction of sp³-hybridized carbons (Fsp3) is 0.679. The Morgan fingerprint density at radius 2 is 2.00 bits per heavy atom. The van der Waals surface area contributed by atoms with Crippen LogP contribution in [0.4, 0.5) is 9.80 Å². The summed E-state index contributed by atoms with van der Waals surface area (Å²) in [5.41, 5.74) is -0.743. The molecule has 1 N–H and O–H groups in total. The van der Waals surface area contributed by atoms with E-state index < -0.39 is 31.6 Å². The minimum absolute atomic E-state index is 0.0423. The van der Waals surface area contributed by atoms with Gasteiger partial charge in [0.15, 0.2) is 5.60 Å². The summed E-state index contributed by atoms with van der Waals surface area (Å²) in [6.07, 6.45) is 2.11. The van der Waals surface area contributed by atoms with Crippen molar-refractivity contribution in [2.45, 2.75) is 81.8 Å². The highest BCUT2D eigenvalue weighted by Crippen LogP contribution is 2.60. The van der Waals surface area contributed by atoms with Crippen LogP contribution < -0.4 is 9.64 Å². The first kappa shape index (κ1) is 29.5. The average molecular weight is 565 g/mol. The lowest BCUT2D eigenvalue weighted by atomic mass is 9.82. The molecule has 0 aromatic heterocycles. The van der Waals surface area contributed by atoms with Crippen LogP contribution in [-0.4, -0.2) is 82.3 Å². The van der Waals surface area contributed by atoms with E-state index in [0.717, 1.165) is 12.8 Å². The predicted octanol–water partition coefficient (Wildman–Crippen LogP) is 3.53. The van der Waals surface area contributed by atoms with Crippen molar-refractivity contribution in [2.75, 3.05) is 38.8 Å². The normalized spacial score (nSPS) is 28.3. The highest BCUT2D eigenvalue weighted by Gasteiger charge is 2.67. The van der Waals surface area contributed by atoms with Crippen molar-refractivity contribution in [1.29, 1.82) is 0 Å². The number of aliphatic hydroxyl groups is 1. The maximum atomic E-state index is 16.0. The van der Waals surface area contributed by atoms with Gasteiger partial charge in [0.1, 0.15) is 5.75 Å². The lowest BCUT2D eigenvalue weighted by molar-refractivity contribution is -0.150. The molecule has 39 heavy (non-hydrogen) atoms. The molecule has 4 rings (SSSR count). The van der Waals surface area contributed by atoms with Crippen molar-refractivity contribution >= 4 is 31.9 Å². The van der Waals surface area contributed by atoms with Gasteiger partial charge in [-0.1, -0.05) is 6.92 Å². The molecule has 3 aliphatic rings. The molecule has 11 heteroatoms. The Bertz CT molecular complexity index is 1100. The number of unbranched alkanes of at least 4 members (excludes halogenated alkanes) is 1. The number of anilines is 1. The number of benzene rings is 1. The molecule has 5 atom stereocenters. The zero-order valence-electron chi connectivity index (χ0n) is 23.6. The van der Waals surface area contributed by atoms with Gasteiger partial charge in [0.2, 0.25) is 14.3 Å². The fourth-order valence-corrected chi connectivity index (χ4v) is 9.35. The molecule has 1 aromatic rings. The molecule has 216 valence electrons. The van der Waals surface area contributed by atoms with Gasteiger partial charge in [-0.15, -0.1) is 0 Å². The Kier molecular flexibility index (Phi) is 8.72. The number of rotatable bonds is 10. The van der Waals surface area contributed by atoms with Crippen LogP contribution in [0.15, 0.2) is 18.2 Å². The number of carbonyl (C=O) groups is 3. The highest BCUT2D eigenvalue weighted by molar-refractivity contribution is 6.72. The van der Waals surface area contributed by atoms with E-state index in [0.29, 0.717) is 42.9 Å². The quantitative estimate of drug-likeness (QED) is 0.201. The lowest BCUT2D eigenvalue weighted by Crippen LogP contribution is -2.45. The van der Waals surface area contributed by atoms with Crippen LogP contribution in [0.2, 0.25) is 18.6 Å². The van der Waals surface area contributed by atoms with E-state index in [9.17, 15) is 19.5 Å². The van der Waals surface area contributed by atoms with Crippen molar-refractivity contribution in [3.05, 3.63) is 23.8 Å². The largest absolute Gasteiger partial charge is 0.497 e. The van der Waals surface area contributed by atoms with E-state index in [2.05, 4.69) is 0 Å². The third kappa shape index (κ3) is 5.32. The first-order chi connectivity index (χ1) is 18.5. The standard InChI is InChI=1S/C28H41FN2O7Si/c1-18-26(39(4,5)29)23(16-24(33)30-14-8-9-19(30)17-32)38-28(18)21-15-20(36-2)11-12-22(21)31(27(28)35)13-7-6-10-25(34)37-3/h11-12,15,18-19,23,26,32H,6-10,13-14,16-17H2,1-5H3/t18-,19+,23+,26-,28+/m1/s1. The van der Waals surface area contributed by atoms with E-state index in [1.54, 1.807) is 42.1 Å². The number of carbonyl (C=O) groups excluding carboxylic acids is 3. The minimum Gasteiger partial charge on any atom is -0.497 e. The molecule has 0 unspecified atom stereocenters. The van der Waals surface area contributed by atoms with E-state index in [4.69, 9.17) is 14.2 Å². The summed E-state index contributed by atoms with van der Waals surface area (Å²) >= 11 is 0. The number of halogens is 1. The van der Waals surface area contributed by atoms with Crippen molar-refractivity contribution in [3.8, 4) is 5.75 Å². The average Bonchev–Trinajstić information content (AvgIpc) is 3.56. The van der Waals surface area contributed by atoms with Crippen molar-refractivity contribution < 1.29 is 37.8 Å². The van der Waals surface area contributed by atoms with Crippen LogP contribution in [0.5, 0.6) is 5.75 Å². The van der Waals surface area contributed by atoms with Gasteiger partial charge in [-0.3, -0.25) is 14.4 Å². The van der Waals surface area contributed by atoms with Crippen LogP contribution in [0.1, 0.15) is 51.0 Å². The molecule has 9 nitrogen and oxygen atoms in total. The second kappa shape index (κ2) is 11.5. The summed E-state index contributed by atoms with van der Waals surface area (Å²) in [7, 11) is -0.524. The number of likely N-dealkylation sites (tertiary alicyclic amines) is 1. The Labute approximate surface area is 230 Å². The molecule has 1 aromatic carbocycles. The summed E-state index contributed by atoms with van der Waals surface area (Å²) < 4.78 is 32.9. The minimum atomic E-state index is -3.42. The Balaban J connectivity index is 1.67. The van der Waals surface area contributed by atoms with Gasteiger partial charge < -0.3 is 33.2 Å². The maximum Gasteiger partial charge on any atom is 0.305 e. The third-order valence-corrected chi connectivity index (χ3v) is 11.1. The number of esters is 1. The summed E-state index contributed by atoms with van der Waals surface area (Å²) in [6.45, 7) is 5.88. The van der Waals surface area contributed by atoms with Crippen LogP contribution in [0.25, 0.3) is 0 Å². The topological polar surface area (TPSA) is 106 Å². The molecule has 0 saturated carbocycles. The second-order valence-electron chi connectivity index (χ2n) is 11.4. The molecule has 0 aliphatic carbocycles.